The number of hydrogen-bond donors (Lipinski definition) is 0. The van der Waals surface area contributed by atoms with Crippen molar-refractivity contribution in [3.63, 3.8) is 0 Å². The first-order valence-electron chi connectivity index (χ1n) is 8.09. The molecule has 1 aromatic carbocycles. The van der Waals surface area contributed by atoms with Crippen molar-refractivity contribution in [3.8, 4) is 0 Å². The molecule has 132 valence electrons. The van der Waals surface area contributed by atoms with E-state index in [9.17, 15) is 9.18 Å². The number of halogens is 1. The molecule has 0 radical (unpaired) electrons. The lowest BCUT2D eigenvalue weighted by Gasteiger charge is -2.20. The summed E-state index contributed by atoms with van der Waals surface area (Å²) in [5.41, 5.74) is 4.40. The van der Waals surface area contributed by atoms with Crippen LogP contribution in [0.5, 0.6) is 0 Å². The fourth-order valence-corrected chi connectivity index (χ4v) is 2.93. The van der Waals surface area contributed by atoms with Crippen LogP contribution in [0, 0.1) is 19.7 Å². The molecule has 1 amide bonds. The van der Waals surface area contributed by atoms with Crippen molar-refractivity contribution in [2.24, 2.45) is 12.2 Å². The largest absolute Gasteiger partial charge is 0.382 e. The lowest BCUT2D eigenvalue weighted by Crippen LogP contribution is -2.36. The van der Waals surface area contributed by atoms with Gasteiger partial charge in [-0.2, -0.15) is 5.10 Å². The van der Waals surface area contributed by atoms with Gasteiger partial charge < -0.3 is 9.74 Å². The zero-order valence-electron chi connectivity index (χ0n) is 14.8. The van der Waals surface area contributed by atoms with Crippen molar-refractivity contribution in [2.75, 3.05) is 7.05 Å². The Balaban J connectivity index is 1.65. The van der Waals surface area contributed by atoms with Crippen LogP contribution in [0.4, 0.5) is 4.39 Å². The zero-order chi connectivity index (χ0) is 18.1. The molecular formula is C18H21FN4O2. The van der Waals surface area contributed by atoms with Crippen molar-refractivity contribution in [2.45, 2.75) is 32.9 Å². The molecule has 0 spiro atoms. The zero-order valence-corrected chi connectivity index (χ0v) is 14.8. The van der Waals surface area contributed by atoms with Gasteiger partial charge in [-0.1, -0.05) is 17.3 Å². The minimum absolute atomic E-state index is 0.136. The van der Waals surface area contributed by atoms with Gasteiger partial charge in [0, 0.05) is 38.3 Å². The highest BCUT2D eigenvalue weighted by Gasteiger charge is 2.31. The van der Waals surface area contributed by atoms with Crippen molar-refractivity contribution in [3.05, 3.63) is 52.6 Å². The average Bonchev–Trinajstić information content (AvgIpc) is 3.16. The predicted octanol–water partition coefficient (Wildman–Crippen LogP) is 2.33. The summed E-state index contributed by atoms with van der Waals surface area (Å²) in [5.74, 6) is -0.443. The molecule has 0 bridgehead atoms. The van der Waals surface area contributed by atoms with Crippen LogP contribution in [0.15, 0.2) is 29.4 Å². The summed E-state index contributed by atoms with van der Waals surface area (Å²) in [4.78, 5) is 19.6. The highest BCUT2D eigenvalue weighted by Crippen LogP contribution is 2.20. The predicted molar refractivity (Wildman–Crippen MR) is 91.6 cm³/mol. The monoisotopic (exact) mass is 344 g/mol. The lowest BCUT2D eigenvalue weighted by atomic mass is 10.0. The summed E-state index contributed by atoms with van der Waals surface area (Å²) in [6.07, 6.45) is -0.276. The van der Waals surface area contributed by atoms with Gasteiger partial charge in [-0.3, -0.25) is 9.48 Å². The van der Waals surface area contributed by atoms with Crippen molar-refractivity contribution in [1.29, 1.82) is 0 Å². The van der Waals surface area contributed by atoms with Crippen molar-refractivity contribution < 1.29 is 14.0 Å². The molecule has 0 aliphatic carbocycles. The second kappa shape index (κ2) is 6.66. The highest BCUT2D eigenvalue weighted by atomic mass is 19.1. The molecule has 2 aromatic rings. The molecule has 0 fully saturated rings. The first-order chi connectivity index (χ1) is 11.9. The van der Waals surface area contributed by atoms with Crippen LogP contribution in [-0.4, -0.2) is 39.5 Å². The highest BCUT2D eigenvalue weighted by molar-refractivity contribution is 6.04. The van der Waals surface area contributed by atoms with Crippen LogP contribution >= 0.6 is 0 Å². The van der Waals surface area contributed by atoms with Gasteiger partial charge in [0.15, 0.2) is 0 Å². The van der Waals surface area contributed by atoms with Gasteiger partial charge in [-0.05, 0) is 31.5 Å². The maximum Gasteiger partial charge on any atom is 0.266 e. The van der Waals surface area contributed by atoms with Gasteiger partial charge in [0.05, 0.1) is 11.4 Å². The Labute approximate surface area is 145 Å². The lowest BCUT2D eigenvalue weighted by molar-refractivity contribution is -0.141. The van der Waals surface area contributed by atoms with Crippen LogP contribution in [0.2, 0.25) is 0 Å². The first kappa shape index (κ1) is 17.1. The molecule has 0 saturated carbocycles. The van der Waals surface area contributed by atoms with Crippen LogP contribution in [-0.2, 0) is 23.2 Å². The molecule has 2 heterocycles. The number of rotatable bonds is 4. The smallest absolute Gasteiger partial charge is 0.266 e. The standard InChI is InChI=1S/C18H21FN4O2/c1-11-15(12(2)23(4)20-11)10-22(3)18(24)17-9-16(21-25-17)13-5-7-14(19)8-6-13/h5-8,17H,9-10H2,1-4H3. The van der Waals surface area contributed by atoms with Crippen LogP contribution in [0.1, 0.15) is 28.9 Å². The molecule has 25 heavy (non-hydrogen) atoms. The van der Waals surface area contributed by atoms with E-state index in [4.69, 9.17) is 4.84 Å². The Morgan fingerprint density at radius 3 is 2.64 bits per heavy atom. The number of likely N-dealkylation sites (N-methyl/N-ethyl adjacent to an activating group) is 1. The molecule has 1 unspecified atom stereocenters. The Hall–Kier alpha value is -2.70. The Morgan fingerprint density at radius 2 is 2.04 bits per heavy atom. The summed E-state index contributed by atoms with van der Waals surface area (Å²) in [6, 6.07) is 6.01. The van der Waals surface area contributed by atoms with Crippen LogP contribution in [0.3, 0.4) is 0 Å². The summed E-state index contributed by atoms with van der Waals surface area (Å²) in [7, 11) is 3.63. The maximum absolute atomic E-state index is 13.0. The van der Waals surface area contributed by atoms with Crippen LogP contribution in [0.25, 0.3) is 0 Å². The third kappa shape index (κ3) is 3.40. The number of benzene rings is 1. The maximum atomic E-state index is 13.0. The normalized spacial score (nSPS) is 16.5. The number of amides is 1. The second-order valence-corrected chi connectivity index (χ2v) is 6.31. The van der Waals surface area contributed by atoms with E-state index in [0.717, 1.165) is 22.5 Å². The summed E-state index contributed by atoms with van der Waals surface area (Å²) in [6.45, 7) is 4.38. The van der Waals surface area contributed by atoms with Crippen molar-refractivity contribution in [1.82, 2.24) is 14.7 Å². The number of carbonyl (C=O) groups excluding carboxylic acids is 1. The van der Waals surface area contributed by atoms with Gasteiger partial charge >= 0.3 is 0 Å². The van der Waals surface area contributed by atoms with E-state index in [1.54, 1.807) is 24.1 Å². The summed E-state index contributed by atoms with van der Waals surface area (Å²) >= 11 is 0. The topological polar surface area (TPSA) is 59.7 Å². The van der Waals surface area contributed by atoms with Crippen LogP contribution < -0.4 is 0 Å². The minimum atomic E-state index is -0.651. The number of aromatic nitrogens is 2. The van der Waals surface area contributed by atoms with Gasteiger partial charge in [0.25, 0.3) is 5.91 Å². The van der Waals surface area contributed by atoms with E-state index in [1.807, 2.05) is 25.6 Å². The molecular weight excluding hydrogens is 323 g/mol. The molecule has 7 heteroatoms. The Kier molecular flexibility index (Phi) is 4.57. The van der Waals surface area contributed by atoms with E-state index < -0.39 is 6.10 Å². The third-order valence-corrected chi connectivity index (χ3v) is 4.55. The molecule has 6 nitrogen and oxygen atoms in total. The van der Waals surface area contributed by atoms with Gasteiger partial charge in [0.1, 0.15) is 5.82 Å². The number of hydrogen-bond acceptors (Lipinski definition) is 4. The molecule has 1 atom stereocenters. The minimum Gasteiger partial charge on any atom is -0.382 e. The Morgan fingerprint density at radius 1 is 1.36 bits per heavy atom. The number of carbonyl (C=O) groups is 1. The number of oxime groups is 1. The van der Waals surface area contributed by atoms with E-state index in [1.165, 1.54) is 12.1 Å². The van der Waals surface area contributed by atoms with Crippen molar-refractivity contribution >= 4 is 11.6 Å². The second-order valence-electron chi connectivity index (χ2n) is 6.31. The SMILES string of the molecule is Cc1nn(C)c(C)c1CN(C)C(=O)C1CC(c2ccc(F)cc2)=NO1. The summed E-state index contributed by atoms with van der Waals surface area (Å²) < 4.78 is 14.8. The van der Waals surface area contributed by atoms with E-state index in [2.05, 4.69) is 10.3 Å². The molecule has 3 rings (SSSR count). The summed E-state index contributed by atoms with van der Waals surface area (Å²) in [5, 5.41) is 8.37. The number of nitrogens with zero attached hydrogens (tertiary/aromatic N) is 4. The fourth-order valence-electron chi connectivity index (χ4n) is 2.93. The van der Waals surface area contributed by atoms with E-state index in [0.29, 0.717) is 18.7 Å². The molecule has 1 aliphatic heterocycles. The van der Waals surface area contributed by atoms with E-state index >= 15 is 0 Å². The van der Waals surface area contributed by atoms with Gasteiger partial charge in [-0.25, -0.2) is 4.39 Å². The molecule has 0 saturated heterocycles. The molecule has 1 aromatic heterocycles. The molecule has 0 N–H and O–H groups in total. The molecule has 1 aliphatic rings. The number of aryl methyl sites for hydroxylation is 2. The fraction of sp³-hybridized carbons (Fsp3) is 0.389. The third-order valence-electron chi connectivity index (χ3n) is 4.55. The van der Waals surface area contributed by atoms with E-state index in [-0.39, 0.29) is 11.7 Å². The quantitative estimate of drug-likeness (QED) is 0.855. The van der Waals surface area contributed by atoms with Gasteiger partial charge in [0.2, 0.25) is 6.10 Å². The average molecular weight is 344 g/mol. The van der Waals surface area contributed by atoms with Gasteiger partial charge in [-0.15, -0.1) is 0 Å². The Bertz CT molecular complexity index is 826. The first-order valence-corrected chi connectivity index (χ1v) is 8.09.